The van der Waals surface area contributed by atoms with Crippen molar-refractivity contribution in [1.29, 1.82) is 0 Å². The molecule has 0 saturated carbocycles. The highest BCUT2D eigenvalue weighted by Gasteiger charge is 2.10. The van der Waals surface area contributed by atoms with Crippen LogP contribution in [0.25, 0.3) is 10.8 Å². The largest absolute Gasteiger partial charge is 0.355 e. The van der Waals surface area contributed by atoms with E-state index in [1.54, 1.807) is 18.5 Å². The minimum Gasteiger partial charge on any atom is -0.355 e. The van der Waals surface area contributed by atoms with E-state index in [9.17, 15) is 14.5 Å². The minimum absolute atomic E-state index is 0.295. The molecule has 0 spiro atoms. The molecule has 0 unspecified atom stereocenters. The smallest absolute Gasteiger partial charge is 0.274 e. The Morgan fingerprint density at radius 1 is 1.19 bits per heavy atom. The second-order valence-corrected chi connectivity index (χ2v) is 4.48. The van der Waals surface area contributed by atoms with Crippen LogP contribution >= 0.6 is 0 Å². The zero-order valence-electron chi connectivity index (χ0n) is 10.8. The van der Waals surface area contributed by atoms with Gasteiger partial charge in [-0.15, -0.1) is 0 Å². The van der Waals surface area contributed by atoms with E-state index in [0.717, 1.165) is 16.8 Å². The Labute approximate surface area is 119 Å². The van der Waals surface area contributed by atoms with Crippen molar-refractivity contribution in [2.24, 2.45) is 0 Å². The predicted octanol–water partition coefficient (Wildman–Crippen LogP) is 4.03. The van der Waals surface area contributed by atoms with Crippen molar-refractivity contribution in [3.8, 4) is 0 Å². The van der Waals surface area contributed by atoms with Crippen LogP contribution < -0.4 is 5.32 Å². The standard InChI is InChI=1S/C15H10FN3O2/c16-11-6-12(8-13(7-11)19(20)21)18-15-3-1-2-10-4-5-17-9-14(10)15/h1-9,18H. The van der Waals surface area contributed by atoms with E-state index < -0.39 is 10.7 Å². The van der Waals surface area contributed by atoms with Gasteiger partial charge in [-0.3, -0.25) is 15.1 Å². The summed E-state index contributed by atoms with van der Waals surface area (Å²) >= 11 is 0. The van der Waals surface area contributed by atoms with Crippen molar-refractivity contribution in [2.45, 2.75) is 0 Å². The molecule has 0 fully saturated rings. The van der Waals surface area contributed by atoms with Crippen LogP contribution in [0.1, 0.15) is 0 Å². The molecular weight excluding hydrogens is 273 g/mol. The summed E-state index contributed by atoms with van der Waals surface area (Å²) in [7, 11) is 0. The van der Waals surface area contributed by atoms with Crippen LogP contribution in [0.3, 0.4) is 0 Å². The number of nitro groups is 1. The molecule has 0 bridgehead atoms. The van der Waals surface area contributed by atoms with Crippen LogP contribution in [0.5, 0.6) is 0 Å². The quantitative estimate of drug-likeness (QED) is 0.582. The maximum Gasteiger partial charge on any atom is 0.274 e. The third-order valence-corrected chi connectivity index (χ3v) is 3.06. The molecule has 1 heterocycles. The van der Waals surface area contributed by atoms with Crippen LogP contribution in [0.4, 0.5) is 21.5 Å². The maximum atomic E-state index is 13.4. The summed E-state index contributed by atoms with van der Waals surface area (Å²) in [6, 6.07) is 10.8. The van der Waals surface area contributed by atoms with Crippen LogP contribution in [0.2, 0.25) is 0 Å². The number of anilines is 2. The Bertz CT molecular complexity index is 831. The lowest BCUT2D eigenvalue weighted by Gasteiger charge is -2.09. The summed E-state index contributed by atoms with van der Waals surface area (Å²) in [4.78, 5) is 14.2. The van der Waals surface area contributed by atoms with E-state index in [4.69, 9.17) is 0 Å². The lowest BCUT2D eigenvalue weighted by atomic mass is 10.1. The number of pyridine rings is 1. The molecule has 0 amide bonds. The predicted molar refractivity (Wildman–Crippen MR) is 78.1 cm³/mol. The highest BCUT2D eigenvalue weighted by Crippen LogP contribution is 2.28. The van der Waals surface area contributed by atoms with Gasteiger partial charge in [0.25, 0.3) is 5.69 Å². The molecule has 21 heavy (non-hydrogen) atoms. The Kier molecular flexibility index (Phi) is 3.19. The second kappa shape index (κ2) is 5.16. The van der Waals surface area contributed by atoms with Crippen molar-refractivity contribution in [3.05, 3.63) is 70.8 Å². The maximum absolute atomic E-state index is 13.4. The van der Waals surface area contributed by atoms with E-state index in [-0.39, 0.29) is 5.69 Å². The first-order valence-electron chi connectivity index (χ1n) is 6.18. The number of aromatic nitrogens is 1. The summed E-state index contributed by atoms with van der Waals surface area (Å²) in [6.07, 6.45) is 3.37. The fourth-order valence-electron chi connectivity index (χ4n) is 2.13. The SMILES string of the molecule is O=[N+]([O-])c1cc(F)cc(Nc2cccc3ccncc23)c1. The zero-order valence-corrected chi connectivity index (χ0v) is 10.8. The number of halogens is 1. The van der Waals surface area contributed by atoms with E-state index in [2.05, 4.69) is 10.3 Å². The van der Waals surface area contributed by atoms with E-state index >= 15 is 0 Å². The molecule has 3 rings (SSSR count). The number of non-ortho nitro benzene ring substituents is 1. The van der Waals surface area contributed by atoms with Gasteiger partial charge in [0.1, 0.15) is 5.82 Å². The summed E-state index contributed by atoms with van der Waals surface area (Å²) in [5, 5.41) is 15.6. The van der Waals surface area contributed by atoms with Gasteiger partial charge in [0.05, 0.1) is 11.0 Å². The van der Waals surface area contributed by atoms with Gasteiger partial charge in [-0.25, -0.2) is 4.39 Å². The van der Waals surface area contributed by atoms with Gasteiger partial charge in [0.15, 0.2) is 0 Å². The Morgan fingerprint density at radius 3 is 2.86 bits per heavy atom. The number of benzene rings is 2. The highest BCUT2D eigenvalue weighted by molar-refractivity contribution is 5.94. The molecule has 0 aliphatic carbocycles. The average molecular weight is 283 g/mol. The first-order chi connectivity index (χ1) is 10.1. The number of rotatable bonds is 3. The van der Waals surface area contributed by atoms with E-state index in [1.165, 1.54) is 12.1 Å². The van der Waals surface area contributed by atoms with Gasteiger partial charge in [-0.2, -0.15) is 0 Å². The molecule has 5 nitrogen and oxygen atoms in total. The Hall–Kier alpha value is -3.02. The van der Waals surface area contributed by atoms with Crippen molar-refractivity contribution >= 4 is 27.8 Å². The van der Waals surface area contributed by atoms with Crippen molar-refractivity contribution in [1.82, 2.24) is 4.98 Å². The molecule has 0 saturated heterocycles. The zero-order chi connectivity index (χ0) is 14.8. The van der Waals surface area contributed by atoms with Crippen LogP contribution in [0.15, 0.2) is 54.9 Å². The fraction of sp³-hybridized carbons (Fsp3) is 0. The van der Waals surface area contributed by atoms with E-state index in [0.29, 0.717) is 11.4 Å². The lowest BCUT2D eigenvalue weighted by molar-refractivity contribution is -0.385. The Balaban J connectivity index is 2.05. The van der Waals surface area contributed by atoms with Crippen LogP contribution in [-0.2, 0) is 0 Å². The monoisotopic (exact) mass is 283 g/mol. The summed E-state index contributed by atoms with van der Waals surface area (Å²) in [5.41, 5.74) is 0.731. The second-order valence-electron chi connectivity index (χ2n) is 4.48. The van der Waals surface area contributed by atoms with Gasteiger partial charge in [0.2, 0.25) is 0 Å². The van der Waals surface area contributed by atoms with Gasteiger partial charge >= 0.3 is 0 Å². The number of hydrogen-bond donors (Lipinski definition) is 1. The number of hydrogen-bond acceptors (Lipinski definition) is 4. The van der Waals surface area contributed by atoms with Gasteiger partial charge in [-0.05, 0) is 23.6 Å². The summed E-state index contributed by atoms with van der Waals surface area (Å²) < 4.78 is 13.4. The molecule has 6 heteroatoms. The van der Waals surface area contributed by atoms with Gasteiger partial charge < -0.3 is 5.32 Å². The van der Waals surface area contributed by atoms with Crippen LogP contribution in [-0.4, -0.2) is 9.91 Å². The molecule has 1 N–H and O–H groups in total. The summed E-state index contributed by atoms with van der Waals surface area (Å²) in [6.45, 7) is 0. The van der Waals surface area contributed by atoms with Gasteiger partial charge in [0, 0.05) is 35.2 Å². The number of nitrogens with one attached hydrogen (secondary N) is 1. The molecule has 0 aliphatic heterocycles. The molecule has 3 aromatic rings. The number of nitrogens with zero attached hydrogens (tertiary/aromatic N) is 2. The average Bonchev–Trinajstić information content (AvgIpc) is 2.47. The van der Waals surface area contributed by atoms with Crippen LogP contribution in [0, 0.1) is 15.9 Å². The van der Waals surface area contributed by atoms with Crippen molar-refractivity contribution < 1.29 is 9.31 Å². The van der Waals surface area contributed by atoms with Gasteiger partial charge in [-0.1, -0.05) is 12.1 Å². The minimum atomic E-state index is -0.662. The number of nitro benzene ring substituents is 1. The third kappa shape index (κ3) is 2.64. The molecule has 0 radical (unpaired) electrons. The van der Waals surface area contributed by atoms with E-state index in [1.807, 2.05) is 18.2 Å². The topological polar surface area (TPSA) is 68.1 Å². The first kappa shape index (κ1) is 13.0. The summed E-state index contributed by atoms with van der Waals surface area (Å²) in [5.74, 6) is -0.662. The highest BCUT2D eigenvalue weighted by atomic mass is 19.1. The molecule has 0 atom stereocenters. The molecule has 104 valence electrons. The first-order valence-corrected chi connectivity index (χ1v) is 6.18. The lowest BCUT2D eigenvalue weighted by Crippen LogP contribution is -1.95. The fourth-order valence-corrected chi connectivity index (χ4v) is 2.13. The molecule has 2 aromatic carbocycles. The number of fused-ring (bicyclic) bond motifs is 1. The molecular formula is C15H10FN3O2. The molecule has 0 aliphatic rings. The Morgan fingerprint density at radius 2 is 2.05 bits per heavy atom. The van der Waals surface area contributed by atoms with Crippen molar-refractivity contribution in [2.75, 3.05) is 5.32 Å². The molecule has 1 aromatic heterocycles. The normalized spacial score (nSPS) is 10.5. The van der Waals surface area contributed by atoms with Crippen molar-refractivity contribution in [3.63, 3.8) is 0 Å². The third-order valence-electron chi connectivity index (χ3n) is 3.06.